The van der Waals surface area contributed by atoms with E-state index in [4.69, 9.17) is 0 Å². The molecule has 0 saturated carbocycles. The highest BCUT2D eigenvalue weighted by molar-refractivity contribution is 7.73. The van der Waals surface area contributed by atoms with E-state index in [2.05, 4.69) is 13.8 Å². The molecule has 0 heterocycles. The molecule has 0 aliphatic rings. The molecule has 3 heteroatoms. The number of unbranched alkanes of at least 4 members (excludes halogenated alkanes) is 8. The first kappa shape index (κ1) is 16.9. The van der Waals surface area contributed by atoms with Crippen LogP contribution in [0.15, 0.2) is 0 Å². The van der Waals surface area contributed by atoms with E-state index < -0.39 is 10.7 Å². The van der Waals surface area contributed by atoms with Crippen LogP contribution in [-0.2, 0) is 10.7 Å². The lowest BCUT2D eigenvalue weighted by atomic mass is 10.1. The molecule has 1 radical (unpaired) electrons. The van der Waals surface area contributed by atoms with Gasteiger partial charge in [-0.15, -0.1) is 0 Å². The summed E-state index contributed by atoms with van der Waals surface area (Å²) >= 11 is 0. The predicted octanol–water partition coefficient (Wildman–Crippen LogP) is 4.11. The van der Waals surface area contributed by atoms with Crippen molar-refractivity contribution < 1.29 is 8.42 Å². The van der Waals surface area contributed by atoms with Crippen LogP contribution in [0.2, 0.25) is 0 Å². The van der Waals surface area contributed by atoms with E-state index in [0.29, 0.717) is 6.42 Å². The molecule has 0 aromatic rings. The van der Waals surface area contributed by atoms with Gasteiger partial charge in [0.15, 0.2) is 0 Å². The molecular weight excluding hydrogens is 232 g/mol. The summed E-state index contributed by atoms with van der Waals surface area (Å²) in [7, 11) is -2.26. The summed E-state index contributed by atoms with van der Waals surface area (Å²) in [5.41, 5.74) is 0. The second-order valence-corrected chi connectivity index (χ2v) is 6.15. The Morgan fingerprint density at radius 2 is 1.35 bits per heavy atom. The maximum Gasteiger partial charge on any atom is 0.143 e. The van der Waals surface area contributed by atoms with Gasteiger partial charge in [0.1, 0.15) is 10.7 Å². The topological polar surface area (TPSA) is 34.1 Å². The standard InChI is InChI=1S/C14H29O2S/c1-3-5-6-7-8-9-10-11-12-13-14(4-2)17(15)16/h14,17H,2-13H2,1H3. The van der Waals surface area contributed by atoms with Crippen LogP contribution in [0.4, 0.5) is 0 Å². The molecule has 0 bridgehead atoms. The number of rotatable bonds is 12. The van der Waals surface area contributed by atoms with Crippen molar-refractivity contribution in [2.24, 2.45) is 0 Å². The maximum atomic E-state index is 10.8. The average molecular weight is 261 g/mol. The van der Waals surface area contributed by atoms with Crippen LogP contribution >= 0.6 is 0 Å². The summed E-state index contributed by atoms with van der Waals surface area (Å²) in [5, 5.41) is -0.186. The zero-order valence-corrected chi connectivity index (χ0v) is 12.2. The third-order valence-electron chi connectivity index (χ3n) is 3.27. The summed E-state index contributed by atoms with van der Waals surface area (Å²) in [6.07, 6.45) is 12.8. The highest BCUT2D eigenvalue weighted by atomic mass is 32.2. The first-order chi connectivity index (χ1) is 8.22. The van der Waals surface area contributed by atoms with Gasteiger partial charge in [0, 0.05) is 0 Å². The van der Waals surface area contributed by atoms with Gasteiger partial charge in [0.25, 0.3) is 0 Å². The van der Waals surface area contributed by atoms with Crippen LogP contribution in [0, 0.1) is 6.92 Å². The van der Waals surface area contributed by atoms with Crippen LogP contribution in [0.3, 0.4) is 0 Å². The third-order valence-corrected chi connectivity index (χ3v) is 4.38. The molecule has 0 rings (SSSR count). The largest absolute Gasteiger partial charge is 0.232 e. The molecule has 0 aromatic carbocycles. The minimum Gasteiger partial charge on any atom is -0.232 e. The minimum atomic E-state index is -2.26. The van der Waals surface area contributed by atoms with Crippen molar-refractivity contribution in [1.82, 2.24) is 0 Å². The van der Waals surface area contributed by atoms with E-state index in [9.17, 15) is 8.42 Å². The monoisotopic (exact) mass is 261 g/mol. The summed E-state index contributed by atoms with van der Waals surface area (Å²) in [6.45, 7) is 5.92. The molecule has 0 aliphatic heterocycles. The molecule has 1 atom stereocenters. The van der Waals surface area contributed by atoms with E-state index in [-0.39, 0.29) is 5.25 Å². The molecule has 2 nitrogen and oxygen atoms in total. The number of hydrogen-bond acceptors (Lipinski definition) is 2. The van der Waals surface area contributed by atoms with E-state index in [1.807, 2.05) is 0 Å². The lowest BCUT2D eigenvalue weighted by molar-refractivity contribution is 0.542. The Kier molecular flexibility index (Phi) is 12.4. The van der Waals surface area contributed by atoms with Gasteiger partial charge in [-0.1, -0.05) is 71.6 Å². The fraction of sp³-hybridized carbons (Fsp3) is 0.929. The summed E-state index contributed by atoms with van der Waals surface area (Å²) in [5.74, 6) is 0. The molecule has 0 saturated heterocycles. The Labute approximate surface area is 109 Å². The third kappa shape index (κ3) is 10.8. The van der Waals surface area contributed by atoms with Crippen molar-refractivity contribution in [3.63, 3.8) is 0 Å². The van der Waals surface area contributed by atoms with Crippen LogP contribution in [-0.4, -0.2) is 13.7 Å². The second kappa shape index (κ2) is 12.4. The number of thiol groups is 1. The summed E-state index contributed by atoms with van der Waals surface area (Å²) in [4.78, 5) is 0. The molecule has 0 N–H and O–H groups in total. The zero-order valence-electron chi connectivity index (χ0n) is 11.3. The molecule has 0 fully saturated rings. The Balaban J connectivity index is 3.23. The van der Waals surface area contributed by atoms with Gasteiger partial charge in [0.05, 0.1) is 5.25 Å². The lowest BCUT2D eigenvalue weighted by Crippen LogP contribution is -2.07. The fourth-order valence-corrected chi connectivity index (χ4v) is 2.65. The van der Waals surface area contributed by atoms with Gasteiger partial charge in [-0.05, 0) is 12.8 Å². The van der Waals surface area contributed by atoms with Crippen molar-refractivity contribution in [1.29, 1.82) is 0 Å². The van der Waals surface area contributed by atoms with Crippen molar-refractivity contribution in [2.75, 3.05) is 0 Å². The smallest absolute Gasteiger partial charge is 0.143 e. The molecular formula is C14H29O2S. The molecule has 0 amide bonds. The van der Waals surface area contributed by atoms with E-state index >= 15 is 0 Å². The minimum absolute atomic E-state index is 0.186. The van der Waals surface area contributed by atoms with Gasteiger partial charge in [0.2, 0.25) is 0 Å². The average Bonchev–Trinajstić information content (AvgIpc) is 2.31. The number of hydrogen-bond donors (Lipinski definition) is 1. The zero-order chi connectivity index (χ0) is 12.9. The highest BCUT2D eigenvalue weighted by Gasteiger charge is 2.07. The van der Waals surface area contributed by atoms with Crippen LogP contribution in [0.5, 0.6) is 0 Å². The van der Waals surface area contributed by atoms with Crippen molar-refractivity contribution in [2.45, 2.75) is 82.8 Å². The van der Waals surface area contributed by atoms with E-state index in [1.54, 1.807) is 0 Å². The van der Waals surface area contributed by atoms with Gasteiger partial charge in [-0.25, -0.2) is 8.42 Å². The van der Waals surface area contributed by atoms with Gasteiger partial charge >= 0.3 is 0 Å². The first-order valence-corrected chi connectivity index (χ1v) is 8.39. The Morgan fingerprint density at radius 1 is 0.882 bits per heavy atom. The lowest BCUT2D eigenvalue weighted by Gasteiger charge is -2.06. The second-order valence-electron chi connectivity index (χ2n) is 4.84. The van der Waals surface area contributed by atoms with E-state index in [0.717, 1.165) is 12.8 Å². The van der Waals surface area contributed by atoms with Crippen molar-refractivity contribution in [3.8, 4) is 0 Å². The molecule has 0 aliphatic carbocycles. The Bertz CT molecular complexity index is 216. The molecule has 1 unspecified atom stereocenters. The normalized spacial score (nSPS) is 13.1. The molecule has 0 aromatic heterocycles. The van der Waals surface area contributed by atoms with Crippen molar-refractivity contribution >= 4 is 10.7 Å². The Hall–Kier alpha value is -0.0500. The van der Waals surface area contributed by atoms with Crippen molar-refractivity contribution in [3.05, 3.63) is 6.92 Å². The molecule has 0 spiro atoms. The van der Waals surface area contributed by atoms with Crippen LogP contribution in [0.25, 0.3) is 0 Å². The summed E-state index contributed by atoms with van der Waals surface area (Å²) < 4.78 is 21.6. The Morgan fingerprint density at radius 3 is 1.76 bits per heavy atom. The molecule has 103 valence electrons. The van der Waals surface area contributed by atoms with Crippen LogP contribution in [0.1, 0.15) is 77.6 Å². The first-order valence-electron chi connectivity index (χ1n) is 7.15. The highest BCUT2D eigenvalue weighted by Crippen LogP contribution is 2.13. The van der Waals surface area contributed by atoms with Gasteiger partial charge in [-0.3, -0.25) is 0 Å². The van der Waals surface area contributed by atoms with Gasteiger partial charge in [-0.2, -0.15) is 0 Å². The SMILES string of the molecule is [CH2]CC(CCCCCCCCCCC)[SH](=O)=O. The van der Waals surface area contributed by atoms with E-state index in [1.165, 1.54) is 51.4 Å². The maximum absolute atomic E-state index is 10.8. The summed E-state index contributed by atoms with van der Waals surface area (Å²) in [6, 6.07) is 0. The quantitative estimate of drug-likeness (QED) is 0.424. The molecule has 17 heavy (non-hydrogen) atoms. The van der Waals surface area contributed by atoms with Crippen LogP contribution < -0.4 is 0 Å². The fourth-order valence-electron chi connectivity index (χ4n) is 2.05. The van der Waals surface area contributed by atoms with Gasteiger partial charge < -0.3 is 0 Å². The predicted molar refractivity (Wildman–Crippen MR) is 75.9 cm³/mol.